The summed E-state index contributed by atoms with van der Waals surface area (Å²) in [6.07, 6.45) is 4.65. The van der Waals surface area contributed by atoms with Gasteiger partial charge in [-0.15, -0.1) is 0 Å². The van der Waals surface area contributed by atoms with Crippen LogP contribution in [0.3, 0.4) is 0 Å². The van der Waals surface area contributed by atoms with Crippen molar-refractivity contribution in [1.29, 1.82) is 0 Å². The number of carboxylic acids is 1. The van der Waals surface area contributed by atoms with E-state index >= 15 is 0 Å². The number of carbonyl (C=O) groups excluding carboxylic acids is 1. The first kappa shape index (κ1) is 15.5. The Labute approximate surface area is 142 Å². The van der Waals surface area contributed by atoms with Gasteiger partial charge in [0, 0.05) is 25.2 Å². The number of fused-ring (bicyclic) bond motifs is 3. The van der Waals surface area contributed by atoms with E-state index in [0.717, 1.165) is 37.9 Å². The van der Waals surface area contributed by atoms with E-state index in [1.54, 1.807) is 0 Å². The number of benzene rings is 1. The standard InChI is InChI=1S/C19H24N2O3/c22-16(23)18-6-9-19(10-7-18,11-8-18)21-13-12-20(17(21)24)14-15-4-2-1-3-5-15/h1-5H,6-14H2,(H,22,23). The fraction of sp³-hybridized carbons (Fsp3) is 0.579. The maximum atomic E-state index is 12.9. The molecule has 3 aliphatic carbocycles. The van der Waals surface area contributed by atoms with Gasteiger partial charge in [0.05, 0.1) is 5.41 Å². The Morgan fingerprint density at radius 2 is 1.62 bits per heavy atom. The van der Waals surface area contributed by atoms with Gasteiger partial charge in [-0.2, -0.15) is 0 Å². The molecule has 5 nitrogen and oxygen atoms in total. The molecular formula is C19H24N2O3. The van der Waals surface area contributed by atoms with E-state index in [1.807, 2.05) is 23.1 Å². The molecule has 0 atom stereocenters. The van der Waals surface area contributed by atoms with Gasteiger partial charge >= 0.3 is 12.0 Å². The quantitative estimate of drug-likeness (QED) is 0.924. The average molecular weight is 328 g/mol. The fourth-order valence-corrected chi connectivity index (χ4v) is 4.86. The Bertz CT molecular complexity index is 633. The molecule has 1 N–H and O–H groups in total. The number of nitrogens with zero attached hydrogens (tertiary/aromatic N) is 2. The van der Waals surface area contributed by atoms with Gasteiger partial charge in [-0.25, -0.2) is 4.79 Å². The maximum absolute atomic E-state index is 12.9. The lowest BCUT2D eigenvalue weighted by atomic mass is 9.57. The Morgan fingerprint density at radius 1 is 1.00 bits per heavy atom. The molecule has 0 spiro atoms. The van der Waals surface area contributed by atoms with Crippen LogP contribution in [0.1, 0.15) is 44.1 Å². The second-order valence-electron chi connectivity index (χ2n) is 7.65. The van der Waals surface area contributed by atoms with E-state index in [9.17, 15) is 14.7 Å². The summed E-state index contributed by atoms with van der Waals surface area (Å²) in [7, 11) is 0. The smallest absolute Gasteiger partial charge is 0.320 e. The summed E-state index contributed by atoms with van der Waals surface area (Å²) in [5, 5.41) is 9.53. The summed E-state index contributed by atoms with van der Waals surface area (Å²) in [6, 6.07) is 10.2. The predicted molar refractivity (Wildman–Crippen MR) is 89.5 cm³/mol. The molecule has 2 amide bonds. The maximum Gasteiger partial charge on any atom is 0.320 e. The summed E-state index contributed by atoms with van der Waals surface area (Å²) in [5.74, 6) is -0.644. The Hall–Kier alpha value is -2.04. The molecule has 1 saturated heterocycles. The molecule has 4 aliphatic rings. The van der Waals surface area contributed by atoms with E-state index < -0.39 is 11.4 Å². The van der Waals surface area contributed by atoms with Crippen molar-refractivity contribution in [2.45, 2.75) is 50.6 Å². The van der Waals surface area contributed by atoms with Crippen molar-refractivity contribution in [2.24, 2.45) is 5.41 Å². The van der Waals surface area contributed by atoms with Crippen LogP contribution in [0.2, 0.25) is 0 Å². The summed E-state index contributed by atoms with van der Waals surface area (Å²) >= 11 is 0. The van der Waals surface area contributed by atoms with E-state index in [0.29, 0.717) is 25.8 Å². The van der Waals surface area contributed by atoms with Gasteiger partial charge in [0.15, 0.2) is 0 Å². The first-order valence-corrected chi connectivity index (χ1v) is 8.89. The van der Waals surface area contributed by atoms with Crippen LogP contribution in [0.15, 0.2) is 30.3 Å². The van der Waals surface area contributed by atoms with Crippen LogP contribution >= 0.6 is 0 Å². The normalized spacial score (nSPS) is 32.4. The summed E-state index contributed by atoms with van der Waals surface area (Å²) < 4.78 is 0. The minimum atomic E-state index is -0.644. The third-order valence-electron chi connectivity index (χ3n) is 6.54. The second kappa shape index (κ2) is 5.50. The topological polar surface area (TPSA) is 60.9 Å². The highest BCUT2D eigenvalue weighted by Gasteiger charge is 2.56. The molecule has 1 aromatic carbocycles. The lowest BCUT2D eigenvalue weighted by Gasteiger charge is -2.54. The zero-order chi connectivity index (χ0) is 16.8. The number of amides is 2. The number of aliphatic carboxylic acids is 1. The van der Waals surface area contributed by atoms with Crippen molar-refractivity contribution in [2.75, 3.05) is 13.1 Å². The number of hydrogen-bond donors (Lipinski definition) is 1. The molecule has 3 saturated carbocycles. The fourth-order valence-electron chi connectivity index (χ4n) is 4.86. The molecule has 5 heteroatoms. The summed E-state index contributed by atoms with van der Waals surface area (Å²) in [5.41, 5.74) is 0.538. The van der Waals surface area contributed by atoms with Crippen molar-refractivity contribution in [1.82, 2.24) is 9.80 Å². The second-order valence-corrected chi connectivity index (χ2v) is 7.65. The van der Waals surface area contributed by atoms with Crippen molar-refractivity contribution in [3.63, 3.8) is 0 Å². The molecule has 0 radical (unpaired) electrons. The van der Waals surface area contributed by atoms with Gasteiger partial charge in [0.2, 0.25) is 0 Å². The number of carbonyl (C=O) groups is 2. The molecule has 1 aliphatic heterocycles. The van der Waals surface area contributed by atoms with Gasteiger partial charge < -0.3 is 14.9 Å². The van der Waals surface area contributed by atoms with Crippen LogP contribution in [0, 0.1) is 5.41 Å². The van der Waals surface area contributed by atoms with Crippen LogP contribution in [0.25, 0.3) is 0 Å². The van der Waals surface area contributed by atoms with Crippen molar-refractivity contribution < 1.29 is 14.7 Å². The summed E-state index contributed by atoms with van der Waals surface area (Å²) in [4.78, 5) is 28.5. The van der Waals surface area contributed by atoms with Gasteiger partial charge in [-0.3, -0.25) is 4.79 Å². The van der Waals surface area contributed by atoms with Crippen LogP contribution < -0.4 is 0 Å². The lowest BCUT2D eigenvalue weighted by molar-refractivity contribution is -0.158. The third kappa shape index (κ3) is 2.29. The van der Waals surface area contributed by atoms with E-state index in [1.165, 1.54) is 0 Å². The Kier molecular flexibility index (Phi) is 3.55. The minimum Gasteiger partial charge on any atom is -0.481 e. The lowest BCUT2D eigenvalue weighted by Crippen LogP contribution is -2.59. The molecule has 1 heterocycles. The molecule has 4 fully saturated rings. The number of hydrogen-bond acceptors (Lipinski definition) is 2. The first-order chi connectivity index (χ1) is 11.5. The molecule has 1 aromatic rings. The monoisotopic (exact) mass is 328 g/mol. The third-order valence-corrected chi connectivity index (χ3v) is 6.54. The van der Waals surface area contributed by atoms with Crippen molar-refractivity contribution in [3.8, 4) is 0 Å². The SMILES string of the molecule is O=C1N(Cc2ccccc2)CCN1C12CCC(C(=O)O)(CC1)CC2. The van der Waals surface area contributed by atoms with Gasteiger partial charge in [0.1, 0.15) is 0 Å². The first-order valence-electron chi connectivity index (χ1n) is 8.89. The van der Waals surface area contributed by atoms with Crippen molar-refractivity contribution >= 4 is 12.0 Å². The number of urea groups is 1. The predicted octanol–water partition coefficient (Wildman–Crippen LogP) is 3.10. The summed E-state index contributed by atoms with van der Waals surface area (Å²) in [6.45, 7) is 2.19. The number of rotatable bonds is 4. The van der Waals surface area contributed by atoms with Crippen LogP contribution in [0.5, 0.6) is 0 Å². The van der Waals surface area contributed by atoms with Gasteiger partial charge in [-0.05, 0) is 44.1 Å². The zero-order valence-electron chi connectivity index (χ0n) is 13.9. The van der Waals surface area contributed by atoms with Crippen molar-refractivity contribution in [3.05, 3.63) is 35.9 Å². The van der Waals surface area contributed by atoms with Crippen LogP contribution in [0.4, 0.5) is 4.79 Å². The van der Waals surface area contributed by atoms with Gasteiger partial charge in [-0.1, -0.05) is 30.3 Å². The van der Waals surface area contributed by atoms with E-state index in [4.69, 9.17) is 0 Å². The Balaban J connectivity index is 1.47. The minimum absolute atomic E-state index is 0.0975. The zero-order valence-corrected chi connectivity index (χ0v) is 13.9. The molecule has 0 unspecified atom stereocenters. The molecular weight excluding hydrogens is 304 g/mol. The number of carboxylic acid groups (broad SMARTS) is 1. The molecule has 128 valence electrons. The van der Waals surface area contributed by atoms with E-state index in [-0.39, 0.29) is 11.6 Å². The van der Waals surface area contributed by atoms with Gasteiger partial charge in [0.25, 0.3) is 0 Å². The highest BCUT2D eigenvalue weighted by Crippen LogP contribution is 2.55. The average Bonchev–Trinajstić information content (AvgIpc) is 2.99. The molecule has 24 heavy (non-hydrogen) atoms. The highest BCUT2D eigenvalue weighted by molar-refractivity contribution is 5.78. The Morgan fingerprint density at radius 3 is 2.21 bits per heavy atom. The van der Waals surface area contributed by atoms with Crippen LogP contribution in [-0.4, -0.2) is 45.5 Å². The van der Waals surface area contributed by atoms with Crippen LogP contribution in [-0.2, 0) is 11.3 Å². The van der Waals surface area contributed by atoms with E-state index in [2.05, 4.69) is 17.0 Å². The molecule has 2 bridgehead atoms. The highest BCUT2D eigenvalue weighted by atomic mass is 16.4. The molecule has 5 rings (SSSR count). The molecule has 0 aromatic heterocycles. The largest absolute Gasteiger partial charge is 0.481 e.